The lowest BCUT2D eigenvalue weighted by Gasteiger charge is -2.44. The van der Waals surface area contributed by atoms with Crippen LogP contribution in [0, 0.1) is 5.41 Å². The van der Waals surface area contributed by atoms with Crippen molar-refractivity contribution in [3.8, 4) is 0 Å². The molecule has 2 aliphatic rings. The van der Waals surface area contributed by atoms with Crippen molar-refractivity contribution in [2.75, 3.05) is 0 Å². The first-order valence-corrected chi connectivity index (χ1v) is 7.76. The fourth-order valence-electron chi connectivity index (χ4n) is 2.85. The maximum atomic E-state index is 12.4. The zero-order chi connectivity index (χ0) is 15.4. The summed E-state index contributed by atoms with van der Waals surface area (Å²) < 4.78 is 63.6. The molecule has 2 bridgehead atoms. The van der Waals surface area contributed by atoms with E-state index in [2.05, 4.69) is 9.50 Å². The molecule has 1 N–H and O–H groups in total. The summed E-state index contributed by atoms with van der Waals surface area (Å²) >= 11 is 0. The molecule has 0 aromatic heterocycles. The van der Waals surface area contributed by atoms with E-state index in [0.29, 0.717) is 0 Å². The van der Waals surface area contributed by atoms with Crippen LogP contribution in [0.1, 0.15) is 40.0 Å². The molecule has 2 atom stereocenters. The molecule has 0 aliphatic carbocycles. The molecular formula is C12H18F3NO3S. The van der Waals surface area contributed by atoms with Crippen LogP contribution in [0.4, 0.5) is 13.2 Å². The molecule has 0 aromatic carbocycles. The molecule has 0 radical (unpaired) electrons. The van der Waals surface area contributed by atoms with Crippen LogP contribution < -0.4 is 5.32 Å². The standard InChI is InChI=1S/C12H18F3NO3S/c1-10(2,3)11-5-4-8(16-11)6-9(7-11)19-20(17,18)12(13,14)15/h6,8,16H,4-5,7H2,1-3H3. The molecule has 1 saturated heterocycles. The number of halogens is 3. The van der Waals surface area contributed by atoms with Gasteiger partial charge in [0, 0.05) is 18.0 Å². The first-order valence-electron chi connectivity index (χ1n) is 6.35. The number of rotatable bonds is 2. The molecule has 2 rings (SSSR count). The number of alkyl halides is 3. The Hall–Kier alpha value is -0.760. The summed E-state index contributed by atoms with van der Waals surface area (Å²) in [4.78, 5) is 0. The van der Waals surface area contributed by atoms with Gasteiger partial charge in [-0.05, 0) is 24.3 Å². The molecule has 1 fully saturated rings. The predicted molar refractivity (Wildman–Crippen MR) is 67.1 cm³/mol. The first-order chi connectivity index (χ1) is 8.86. The van der Waals surface area contributed by atoms with Crippen molar-refractivity contribution in [2.45, 2.75) is 57.1 Å². The Labute approximate surface area is 116 Å². The van der Waals surface area contributed by atoms with E-state index in [-0.39, 0.29) is 23.6 Å². The summed E-state index contributed by atoms with van der Waals surface area (Å²) in [5.41, 5.74) is -6.04. The maximum Gasteiger partial charge on any atom is 0.534 e. The topological polar surface area (TPSA) is 55.4 Å². The second kappa shape index (κ2) is 4.37. The normalized spacial score (nSPS) is 31.1. The Morgan fingerprint density at radius 3 is 2.45 bits per heavy atom. The van der Waals surface area contributed by atoms with Gasteiger partial charge in [-0.1, -0.05) is 20.8 Å². The lowest BCUT2D eigenvalue weighted by molar-refractivity contribution is -0.0528. The molecule has 0 amide bonds. The van der Waals surface area contributed by atoms with E-state index in [1.54, 1.807) is 0 Å². The number of hydrogen-bond acceptors (Lipinski definition) is 4. The van der Waals surface area contributed by atoms with Gasteiger partial charge in [-0.3, -0.25) is 0 Å². The minimum absolute atomic E-state index is 0.112. The van der Waals surface area contributed by atoms with Crippen LogP contribution in [-0.4, -0.2) is 25.5 Å². The Bertz CT molecular complexity index is 533. The number of nitrogens with one attached hydrogen (secondary N) is 1. The average Bonchev–Trinajstić information content (AvgIpc) is 2.52. The van der Waals surface area contributed by atoms with Crippen molar-refractivity contribution in [3.05, 3.63) is 11.8 Å². The van der Waals surface area contributed by atoms with Crippen LogP contribution in [-0.2, 0) is 14.3 Å². The third-order valence-electron chi connectivity index (χ3n) is 4.14. The molecule has 0 spiro atoms. The van der Waals surface area contributed by atoms with Crippen molar-refractivity contribution in [3.63, 3.8) is 0 Å². The summed E-state index contributed by atoms with van der Waals surface area (Å²) in [5.74, 6) is -0.112. The monoisotopic (exact) mass is 313 g/mol. The van der Waals surface area contributed by atoms with Gasteiger partial charge < -0.3 is 9.50 Å². The van der Waals surface area contributed by atoms with E-state index in [4.69, 9.17) is 0 Å². The van der Waals surface area contributed by atoms with Gasteiger partial charge >= 0.3 is 15.6 Å². The smallest absolute Gasteiger partial charge is 0.381 e. The number of fused-ring (bicyclic) bond motifs is 2. The largest absolute Gasteiger partial charge is 0.534 e. The molecule has 116 valence electrons. The van der Waals surface area contributed by atoms with Gasteiger partial charge in [0.2, 0.25) is 0 Å². The first kappa shape index (κ1) is 15.6. The van der Waals surface area contributed by atoms with Crippen LogP contribution >= 0.6 is 0 Å². The second-order valence-electron chi connectivity index (χ2n) is 6.41. The highest BCUT2D eigenvalue weighted by molar-refractivity contribution is 7.87. The molecule has 8 heteroatoms. The van der Waals surface area contributed by atoms with E-state index in [1.165, 1.54) is 6.08 Å². The van der Waals surface area contributed by atoms with Gasteiger partial charge in [-0.25, -0.2) is 0 Å². The van der Waals surface area contributed by atoms with Crippen molar-refractivity contribution >= 4 is 10.1 Å². The minimum atomic E-state index is -5.58. The van der Waals surface area contributed by atoms with Gasteiger partial charge in [0.15, 0.2) is 0 Å². The summed E-state index contributed by atoms with van der Waals surface area (Å²) in [6.07, 6.45) is 3.12. The molecule has 2 aliphatic heterocycles. The Balaban J connectivity index is 2.25. The highest BCUT2D eigenvalue weighted by Gasteiger charge is 2.53. The Kier molecular flexibility index (Phi) is 3.41. The quantitative estimate of drug-likeness (QED) is 0.629. The van der Waals surface area contributed by atoms with Crippen molar-refractivity contribution in [1.82, 2.24) is 5.32 Å². The fourth-order valence-corrected chi connectivity index (χ4v) is 3.34. The van der Waals surface area contributed by atoms with Crippen LogP contribution in [0.5, 0.6) is 0 Å². The minimum Gasteiger partial charge on any atom is -0.381 e. The third-order valence-corrected chi connectivity index (χ3v) is 5.14. The lowest BCUT2D eigenvalue weighted by atomic mass is 9.70. The third kappa shape index (κ3) is 2.55. The SMILES string of the molecule is CC(C)(C)C12CCC(C=C(OS(=O)(=O)C(F)(F)F)C1)N2. The molecule has 2 heterocycles. The van der Waals surface area contributed by atoms with Crippen LogP contribution in [0.15, 0.2) is 11.8 Å². The van der Waals surface area contributed by atoms with Gasteiger partial charge in [0.05, 0.1) is 0 Å². The van der Waals surface area contributed by atoms with E-state index >= 15 is 0 Å². The van der Waals surface area contributed by atoms with Gasteiger partial charge in [-0.2, -0.15) is 21.6 Å². The van der Waals surface area contributed by atoms with E-state index in [9.17, 15) is 21.6 Å². The molecule has 0 aromatic rings. The summed E-state index contributed by atoms with van der Waals surface area (Å²) in [6, 6.07) is -0.138. The number of hydrogen-bond donors (Lipinski definition) is 1. The van der Waals surface area contributed by atoms with E-state index in [0.717, 1.165) is 12.8 Å². The Morgan fingerprint density at radius 2 is 1.95 bits per heavy atom. The zero-order valence-electron chi connectivity index (χ0n) is 11.5. The summed E-state index contributed by atoms with van der Waals surface area (Å²) in [5, 5.41) is 3.37. The molecule has 20 heavy (non-hydrogen) atoms. The predicted octanol–water partition coefficient (Wildman–Crippen LogP) is 2.68. The molecular weight excluding hydrogens is 295 g/mol. The fraction of sp³-hybridized carbons (Fsp3) is 0.833. The van der Waals surface area contributed by atoms with Gasteiger partial charge in [-0.15, -0.1) is 0 Å². The van der Waals surface area contributed by atoms with Gasteiger partial charge in [0.25, 0.3) is 0 Å². The summed E-state index contributed by atoms with van der Waals surface area (Å²) in [7, 11) is -5.58. The van der Waals surface area contributed by atoms with E-state index < -0.39 is 21.2 Å². The highest BCUT2D eigenvalue weighted by Crippen LogP contribution is 2.47. The van der Waals surface area contributed by atoms with Crippen LogP contribution in [0.3, 0.4) is 0 Å². The molecule has 0 saturated carbocycles. The average molecular weight is 313 g/mol. The van der Waals surface area contributed by atoms with E-state index in [1.807, 2.05) is 20.8 Å². The molecule has 4 nitrogen and oxygen atoms in total. The van der Waals surface area contributed by atoms with Crippen molar-refractivity contribution in [1.29, 1.82) is 0 Å². The van der Waals surface area contributed by atoms with Gasteiger partial charge in [0.1, 0.15) is 5.76 Å². The van der Waals surface area contributed by atoms with Crippen molar-refractivity contribution in [2.24, 2.45) is 5.41 Å². The summed E-state index contributed by atoms with van der Waals surface area (Å²) in [6.45, 7) is 5.93. The van der Waals surface area contributed by atoms with Crippen molar-refractivity contribution < 1.29 is 25.8 Å². The second-order valence-corrected chi connectivity index (χ2v) is 7.95. The zero-order valence-corrected chi connectivity index (χ0v) is 12.4. The highest BCUT2D eigenvalue weighted by atomic mass is 32.2. The lowest BCUT2D eigenvalue weighted by Crippen LogP contribution is -2.55. The van der Waals surface area contributed by atoms with Crippen LogP contribution in [0.25, 0.3) is 0 Å². The van der Waals surface area contributed by atoms with Crippen LogP contribution in [0.2, 0.25) is 0 Å². The maximum absolute atomic E-state index is 12.4. The molecule has 2 unspecified atom stereocenters. The Morgan fingerprint density at radius 1 is 1.35 bits per heavy atom.